The molecule has 0 saturated carbocycles. The molecule has 1 aliphatic rings. The van der Waals surface area contributed by atoms with Gasteiger partial charge in [0, 0.05) is 16.6 Å². The number of carbonyl (C=O) groups excluding carboxylic acids is 1. The molecule has 1 amide bonds. The summed E-state index contributed by atoms with van der Waals surface area (Å²) in [6, 6.07) is 13.6. The number of amides is 1. The zero-order valence-electron chi connectivity index (χ0n) is 13.8. The third kappa shape index (κ3) is 2.41. The van der Waals surface area contributed by atoms with Gasteiger partial charge in [-0.2, -0.15) is 0 Å². The van der Waals surface area contributed by atoms with Gasteiger partial charge < -0.3 is 4.42 Å². The lowest BCUT2D eigenvalue weighted by molar-refractivity contribution is 0.0971. The fourth-order valence-electron chi connectivity index (χ4n) is 3.43. The minimum absolute atomic E-state index is 0.0545. The molecule has 0 bridgehead atoms. The van der Waals surface area contributed by atoms with Gasteiger partial charge in [0.1, 0.15) is 5.58 Å². The van der Waals surface area contributed by atoms with Crippen LogP contribution in [0.25, 0.3) is 11.0 Å². The van der Waals surface area contributed by atoms with E-state index in [-0.39, 0.29) is 17.1 Å². The molecule has 0 N–H and O–H groups in total. The van der Waals surface area contributed by atoms with Crippen LogP contribution in [-0.2, 0) is 0 Å². The van der Waals surface area contributed by atoms with E-state index in [9.17, 15) is 9.59 Å². The second kappa shape index (κ2) is 6.04. The number of aromatic nitrogens is 1. The van der Waals surface area contributed by atoms with Gasteiger partial charge in [0.05, 0.1) is 17.0 Å². The number of nitrogens with zero attached hydrogens (tertiary/aromatic N) is 2. The van der Waals surface area contributed by atoms with Crippen molar-refractivity contribution in [1.82, 2.24) is 4.98 Å². The fraction of sp³-hybridized carbons (Fsp3) is 0.0500. The summed E-state index contributed by atoms with van der Waals surface area (Å²) in [4.78, 5) is 32.3. The van der Waals surface area contributed by atoms with Crippen LogP contribution in [0.1, 0.15) is 27.7 Å². The minimum atomic E-state index is -0.598. The van der Waals surface area contributed by atoms with Crippen LogP contribution in [0.4, 0.5) is 5.13 Å². The Balaban J connectivity index is 1.85. The van der Waals surface area contributed by atoms with Crippen molar-refractivity contribution < 1.29 is 9.21 Å². The molecule has 4 aromatic rings. The molecule has 0 saturated heterocycles. The van der Waals surface area contributed by atoms with Crippen LogP contribution in [0.2, 0.25) is 5.02 Å². The molecular weight excluding hydrogens is 384 g/mol. The number of carbonyl (C=O) groups is 1. The van der Waals surface area contributed by atoms with Crippen LogP contribution < -0.4 is 10.3 Å². The molecule has 2 aromatic heterocycles. The molecule has 0 spiro atoms. The van der Waals surface area contributed by atoms with Crippen molar-refractivity contribution >= 4 is 44.9 Å². The van der Waals surface area contributed by atoms with Crippen LogP contribution in [0, 0.1) is 0 Å². The number of thiazole rings is 1. The highest BCUT2D eigenvalue weighted by atomic mass is 35.5. The lowest BCUT2D eigenvalue weighted by Crippen LogP contribution is -2.29. The molecular formula is C20H11ClN2O3S. The van der Waals surface area contributed by atoms with Gasteiger partial charge in [0.2, 0.25) is 5.76 Å². The maximum Gasteiger partial charge on any atom is 0.297 e. The first-order valence-electron chi connectivity index (χ1n) is 8.19. The summed E-state index contributed by atoms with van der Waals surface area (Å²) in [6.07, 6.45) is 1.63. The predicted octanol–water partition coefficient (Wildman–Crippen LogP) is 4.65. The van der Waals surface area contributed by atoms with Crippen LogP contribution in [0.15, 0.2) is 69.3 Å². The molecule has 5 nitrogen and oxygen atoms in total. The number of hydrogen-bond acceptors (Lipinski definition) is 5. The number of benzene rings is 2. The Bertz CT molecular complexity index is 1240. The van der Waals surface area contributed by atoms with Crippen molar-refractivity contribution in [2.45, 2.75) is 6.04 Å². The third-order valence-corrected chi connectivity index (χ3v) is 5.58. The van der Waals surface area contributed by atoms with E-state index in [1.54, 1.807) is 29.8 Å². The fourth-order valence-corrected chi connectivity index (χ4v) is 4.27. The molecule has 1 aliphatic heterocycles. The van der Waals surface area contributed by atoms with Gasteiger partial charge in [-0.25, -0.2) is 4.98 Å². The maximum absolute atomic E-state index is 13.3. The summed E-state index contributed by atoms with van der Waals surface area (Å²) in [7, 11) is 0. The van der Waals surface area contributed by atoms with E-state index in [0.717, 1.165) is 5.56 Å². The van der Waals surface area contributed by atoms with E-state index in [4.69, 9.17) is 16.0 Å². The van der Waals surface area contributed by atoms with Crippen molar-refractivity contribution in [2.75, 3.05) is 4.90 Å². The van der Waals surface area contributed by atoms with Crippen LogP contribution in [-0.4, -0.2) is 10.9 Å². The summed E-state index contributed by atoms with van der Waals surface area (Å²) in [5, 5.41) is 3.10. The van der Waals surface area contributed by atoms with Gasteiger partial charge in [-0.05, 0) is 23.8 Å². The Morgan fingerprint density at radius 2 is 1.93 bits per heavy atom. The molecule has 132 valence electrons. The Morgan fingerprint density at radius 1 is 1.11 bits per heavy atom. The van der Waals surface area contributed by atoms with Crippen molar-refractivity contribution in [3.8, 4) is 0 Å². The molecule has 5 rings (SSSR count). The Hall–Kier alpha value is -2.96. The second-order valence-corrected chi connectivity index (χ2v) is 7.43. The van der Waals surface area contributed by atoms with Crippen molar-refractivity contribution in [3.63, 3.8) is 0 Å². The molecule has 0 radical (unpaired) electrons. The lowest BCUT2D eigenvalue weighted by Gasteiger charge is -2.22. The number of fused-ring (bicyclic) bond motifs is 2. The van der Waals surface area contributed by atoms with Crippen LogP contribution >= 0.6 is 22.9 Å². The second-order valence-electron chi connectivity index (χ2n) is 6.12. The van der Waals surface area contributed by atoms with Gasteiger partial charge in [0.25, 0.3) is 5.91 Å². The summed E-state index contributed by atoms with van der Waals surface area (Å²) >= 11 is 7.40. The Labute approximate surface area is 162 Å². The standard InChI is InChI=1S/C20H11ClN2O3S/c21-12-6-7-14-13(10-12)17(24)15-16(11-4-2-1-3-5-11)23(19(25)18(15)26-14)20-22-8-9-27-20/h1-10,16H/t16-/m1/s1. The van der Waals surface area contributed by atoms with Gasteiger partial charge >= 0.3 is 0 Å². The number of anilines is 1. The smallest absolute Gasteiger partial charge is 0.297 e. The van der Waals surface area contributed by atoms with E-state index >= 15 is 0 Å². The van der Waals surface area contributed by atoms with Gasteiger partial charge in [0.15, 0.2) is 10.6 Å². The first-order valence-corrected chi connectivity index (χ1v) is 9.45. The third-order valence-electron chi connectivity index (χ3n) is 4.57. The zero-order chi connectivity index (χ0) is 18.5. The molecule has 27 heavy (non-hydrogen) atoms. The van der Waals surface area contributed by atoms with E-state index < -0.39 is 6.04 Å². The lowest BCUT2D eigenvalue weighted by atomic mass is 9.99. The van der Waals surface area contributed by atoms with Crippen LogP contribution in [0.5, 0.6) is 0 Å². The molecule has 3 heterocycles. The summed E-state index contributed by atoms with van der Waals surface area (Å²) < 4.78 is 5.86. The number of rotatable bonds is 2. The molecule has 2 aromatic carbocycles. The van der Waals surface area contributed by atoms with Gasteiger partial charge in [-0.15, -0.1) is 11.3 Å². The highest BCUT2D eigenvalue weighted by Gasteiger charge is 2.44. The van der Waals surface area contributed by atoms with E-state index in [0.29, 0.717) is 26.7 Å². The van der Waals surface area contributed by atoms with E-state index in [2.05, 4.69) is 4.98 Å². The summed E-state index contributed by atoms with van der Waals surface area (Å²) in [5.41, 5.74) is 1.21. The SMILES string of the molecule is O=C1c2oc3ccc(Cl)cc3c(=O)c2[C@@H](c2ccccc2)N1c1nccs1. The molecule has 0 aliphatic carbocycles. The maximum atomic E-state index is 13.3. The van der Waals surface area contributed by atoms with Crippen LogP contribution in [0.3, 0.4) is 0 Å². The van der Waals surface area contributed by atoms with Gasteiger partial charge in [-0.1, -0.05) is 41.9 Å². The quantitative estimate of drug-likeness (QED) is 0.496. The minimum Gasteiger partial charge on any atom is -0.450 e. The Kier molecular flexibility index (Phi) is 3.63. The topological polar surface area (TPSA) is 63.4 Å². The number of hydrogen-bond donors (Lipinski definition) is 0. The van der Waals surface area contributed by atoms with Crippen molar-refractivity contribution in [3.05, 3.63) is 92.2 Å². The van der Waals surface area contributed by atoms with Gasteiger partial charge in [-0.3, -0.25) is 14.5 Å². The average Bonchev–Trinajstić information content (AvgIpc) is 3.30. The molecule has 7 heteroatoms. The highest BCUT2D eigenvalue weighted by molar-refractivity contribution is 7.13. The van der Waals surface area contributed by atoms with E-state index in [1.165, 1.54) is 16.2 Å². The van der Waals surface area contributed by atoms with Crippen molar-refractivity contribution in [1.29, 1.82) is 0 Å². The highest BCUT2D eigenvalue weighted by Crippen LogP contribution is 2.41. The summed E-state index contributed by atoms with van der Waals surface area (Å²) in [5.74, 6) is -0.318. The monoisotopic (exact) mass is 394 g/mol. The number of halogens is 1. The van der Waals surface area contributed by atoms with E-state index in [1.807, 2.05) is 30.3 Å². The molecule has 0 fully saturated rings. The Morgan fingerprint density at radius 3 is 2.67 bits per heavy atom. The van der Waals surface area contributed by atoms with Crippen molar-refractivity contribution in [2.24, 2.45) is 0 Å². The summed E-state index contributed by atoms with van der Waals surface area (Å²) in [6.45, 7) is 0. The normalized spacial score (nSPS) is 16.1. The first-order chi connectivity index (χ1) is 13.1. The first kappa shape index (κ1) is 16.2. The average molecular weight is 395 g/mol. The zero-order valence-corrected chi connectivity index (χ0v) is 15.3. The molecule has 0 unspecified atom stereocenters. The molecule has 1 atom stereocenters. The predicted molar refractivity (Wildman–Crippen MR) is 105 cm³/mol. The largest absolute Gasteiger partial charge is 0.450 e.